The molecule has 1 heterocycles. The van der Waals surface area contributed by atoms with Crippen LogP contribution in [0.5, 0.6) is 0 Å². The second-order valence-electron chi connectivity index (χ2n) is 7.08. The summed E-state index contributed by atoms with van der Waals surface area (Å²) in [6.45, 7) is 8.29. The van der Waals surface area contributed by atoms with Crippen molar-refractivity contribution < 1.29 is 9.31 Å². The lowest BCUT2D eigenvalue weighted by atomic mass is 9.79. The Labute approximate surface area is 133 Å². The summed E-state index contributed by atoms with van der Waals surface area (Å²) < 4.78 is 12.2. The number of benzene rings is 1. The van der Waals surface area contributed by atoms with Crippen LogP contribution in [0, 0.1) is 0 Å². The monoisotopic (exact) mass is 297 g/mol. The van der Waals surface area contributed by atoms with Crippen LogP contribution < -0.4 is 5.46 Å². The van der Waals surface area contributed by atoms with Crippen LogP contribution in [-0.2, 0) is 9.31 Å². The Hall–Kier alpha value is -1.39. The molecule has 3 nitrogen and oxygen atoms in total. The zero-order valence-corrected chi connectivity index (χ0v) is 13.9. The molecule has 0 atom stereocenters. The first kappa shape index (κ1) is 15.5. The summed E-state index contributed by atoms with van der Waals surface area (Å²) >= 11 is 0. The van der Waals surface area contributed by atoms with Crippen molar-refractivity contribution in [1.29, 1.82) is 0 Å². The molecule has 22 heavy (non-hydrogen) atoms. The van der Waals surface area contributed by atoms with E-state index in [1.54, 1.807) is 0 Å². The highest BCUT2D eigenvalue weighted by Gasteiger charge is 2.51. The van der Waals surface area contributed by atoms with Crippen LogP contribution in [0.3, 0.4) is 0 Å². The molecular formula is C18H24BNO2. The van der Waals surface area contributed by atoms with Crippen molar-refractivity contribution in [2.45, 2.75) is 58.2 Å². The standard InChI is InChI=1S/C18H24BNO2/c1-17(2)18(3,4)22-19(21-17)14-9-8-12-16(13-14)20-15-10-6-5-7-11-15/h6,8-10,12-13H,5,7,11H2,1-4H3. The maximum atomic E-state index is 6.11. The predicted molar refractivity (Wildman–Crippen MR) is 92.2 cm³/mol. The van der Waals surface area contributed by atoms with E-state index in [2.05, 4.69) is 45.9 Å². The highest BCUT2D eigenvalue weighted by atomic mass is 16.7. The van der Waals surface area contributed by atoms with E-state index in [1.165, 1.54) is 6.42 Å². The van der Waals surface area contributed by atoms with E-state index in [-0.39, 0.29) is 18.3 Å². The second-order valence-corrected chi connectivity index (χ2v) is 7.08. The predicted octanol–water partition coefficient (Wildman–Crippen LogP) is 3.80. The van der Waals surface area contributed by atoms with E-state index >= 15 is 0 Å². The molecule has 0 N–H and O–H groups in total. The highest BCUT2D eigenvalue weighted by molar-refractivity contribution is 6.62. The number of hydrogen-bond acceptors (Lipinski definition) is 3. The molecule has 1 saturated heterocycles. The average Bonchev–Trinajstić information content (AvgIpc) is 2.69. The van der Waals surface area contributed by atoms with Gasteiger partial charge in [-0.15, -0.1) is 0 Å². The highest BCUT2D eigenvalue weighted by Crippen LogP contribution is 2.36. The van der Waals surface area contributed by atoms with Gasteiger partial charge in [-0.2, -0.15) is 0 Å². The van der Waals surface area contributed by atoms with E-state index < -0.39 is 0 Å². The van der Waals surface area contributed by atoms with Crippen molar-refractivity contribution in [2.75, 3.05) is 0 Å². The van der Waals surface area contributed by atoms with E-state index in [4.69, 9.17) is 14.3 Å². The molecule has 0 amide bonds. The SMILES string of the molecule is CC1(C)OB(c2cccc(N=C3C=CCCC3)c2)OC1(C)C. The molecule has 116 valence electrons. The Morgan fingerprint density at radius 1 is 1.09 bits per heavy atom. The lowest BCUT2D eigenvalue weighted by Crippen LogP contribution is -2.41. The summed E-state index contributed by atoms with van der Waals surface area (Å²) in [6.07, 6.45) is 7.72. The first-order valence-corrected chi connectivity index (χ1v) is 8.07. The summed E-state index contributed by atoms with van der Waals surface area (Å²) in [4.78, 5) is 4.74. The van der Waals surface area contributed by atoms with Crippen LogP contribution in [0.15, 0.2) is 41.4 Å². The first-order valence-electron chi connectivity index (χ1n) is 8.07. The van der Waals surface area contributed by atoms with Crippen LogP contribution in [-0.4, -0.2) is 24.0 Å². The fourth-order valence-electron chi connectivity index (χ4n) is 2.68. The summed E-state index contributed by atoms with van der Waals surface area (Å²) in [5.41, 5.74) is 2.52. The molecular weight excluding hydrogens is 273 g/mol. The normalized spacial score (nSPS) is 24.9. The van der Waals surface area contributed by atoms with E-state index in [1.807, 2.05) is 18.2 Å². The zero-order chi connectivity index (χ0) is 15.8. The molecule has 1 aliphatic carbocycles. The molecule has 1 aromatic carbocycles. The second kappa shape index (κ2) is 5.67. The molecule has 0 bridgehead atoms. The quantitative estimate of drug-likeness (QED) is 0.777. The minimum atomic E-state index is -0.327. The van der Waals surface area contributed by atoms with Crippen molar-refractivity contribution in [3.63, 3.8) is 0 Å². The fourth-order valence-corrected chi connectivity index (χ4v) is 2.68. The van der Waals surface area contributed by atoms with Crippen LogP contribution in [0.2, 0.25) is 0 Å². The Kier molecular flexibility index (Phi) is 4.00. The molecule has 4 heteroatoms. The Morgan fingerprint density at radius 2 is 1.82 bits per heavy atom. The van der Waals surface area contributed by atoms with Crippen LogP contribution in [0.1, 0.15) is 47.0 Å². The van der Waals surface area contributed by atoms with Gasteiger partial charge in [-0.1, -0.05) is 18.2 Å². The minimum Gasteiger partial charge on any atom is -0.399 e. The van der Waals surface area contributed by atoms with Crippen LogP contribution in [0.25, 0.3) is 0 Å². The van der Waals surface area contributed by atoms with Crippen LogP contribution >= 0.6 is 0 Å². The molecule has 1 fully saturated rings. The van der Waals surface area contributed by atoms with Gasteiger partial charge in [-0.3, -0.25) is 4.99 Å². The third-order valence-corrected chi connectivity index (χ3v) is 4.78. The summed E-state index contributed by atoms with van der Waals surface area (Å²) in [5.74, 6) is 0. The van der Waals surface area contributed by atoms with Crippen molar-refractivity contribution >= 4 is 24.0 Å². The van der Waals surface area contributed by atoms with Gasteiger partial charge in [-0.25, -0.2) is 0 Å². The maximum Gasteiger partial charge on any atom is 0.494 e. The van der Waals surface area contributed by atoms with E-state index in [9.17, 15) is 0 Å². The van der Waals surface area contributed by atoms with Gasteiger partial charge in [-0.05, 0) is 70.6 Å². The van der Waals surface area contributed by atoms with Crippen molar-refractivity contribution in [1.82, 2.24) is 0 Å². The largest absolute Gasteiger partial charge is 0.494 e. The smallest absolute Gasteiger partial charge is 0.399 e. The Bertz CT molecular complexity index is 603. The average molecular weight is 297 g/mol. The van der Waals surface area contributed by atoms with Gasteiger partial charge in [0.2, 0.25) is 0 Å². The molecule has 0 saturated carbocycles. The maximum absolute atomic E-state index is 6.11. The third kappa shape index (κ3) is 3.04. The summed E-state index contributed by atoms with van der Waals surface area (Å²) in [7, 11) is -0.327. The number of nitrogens with zero attached hydrogens (tertiary/aromatic N) is 1. The Morgan fingerprint density at radius 3 is 2.45 bits per heavy atom. The molecule has 2 aliphatic rings. The molecule has 0 aromatic heterocycles. The van der Waals surface area contributed by atoms with Crippen molar-refractivity contribution in [2.24, 2.45) is 4.99 Å². The summed E-state index contributed by atoms with van der Waals surface area (Å²) in [5, 5.41) is 0. The number of rotatable bonds is 2. The third-order valence-electron chi connectivity index (χ3n) is 4.78. The van der Waals surface area contributed by atoms with E-state index in [0.29, 0.717) is 0 Å². The van der Waals surface area contributed by atoms with Gasteiger partial charge in [0.1, 0.15) is 0 Å². The topological polar surface area (TPSA) is 30.8 Å². The van der Waals surface area contributed by atoms with Gasteiger partial charge < -0.3 is 9.31 Å². The van der Waals surface area contributed by atoms with Gasteiger partial charge in [0.25, 0.3) is 0 Å². The number of allylic oxidation sites excluding steroid dienone is 2. The van der Waals surface area contributed by atoms with Crippen LogP contribution in [0.4, 0.5) is 5.69 Å². The van der Waals surface area contributed by atoms with Gasteiger partial charge in [0.05, 0.1) is 16.9 Å². The molecule has 1 aliphatic heterocycles. The van der Waals surface area contributed by atoms with Gasteiger partial charge >= 0.3 is 7.12 Å². The molecule has 3 rings (SSSR count). The minimum absolute atomic E-state index is 0.314. The van der Waals surface area contributed by atoms with Crippen molar-refractivity contribution in [3.05, 3.63) is 36.4 Å². The number of hydrogen-bond donors (Lipinski definition) is 0. The Balaban J connectivity index is 1.83. The lowest BCUT2D eigenvalue weighted by molar-refractivity contribution is 0.00578. The summed E-state index contributed by atoms with van der Waals surface area (Å²) in [6, 6.07) is 8.16. The molecule has 0 unspecified atom stereocenters. The fraction of sp³-hybridized carbons (Fsp3) is 0.500. The molecule has 1 aromatic rings. The first-order chi connectivity index (χ1) is 10.4. The van der Waals surface area contributed by atoms with Gasteiger partial charge in [0.15, 0.2) is 0 Å². The lowest BCUT2D eigenvalue weighted by Gasteiger charge is -2.32. The zero-order valence-electron chi connectivity index (χ0n) is 13.9. The van der Waals surface area contributed by atoms with Gasteiger partial charge in [0, 0.05) is 5.71 Å². The number of aliphatic imine (C=N–C) groups is 1. The van der Waals surface area contributed by atoms with E-state index in [0.717, 1.165) is 29.7 Å². The molecule has 0 radical (unpaired) electrons. The molecule has 0 spiro atoms. The van der Waals surface area contributed by atoms with Crippen molar-refractivity contribution in [3.8, 4) is 0 Å².